The summed E-state index contributed by atoms with van der Waals surface area (Å²) >= 11 is 6.12. The van der Waals surface area contributed by atoms with Gasteiger partial charge < -0.3 is 10.6 Å². The van der Waals surface area contributed by atoms with Crippen LogP contribution in [-0.2, 0) is 4.79 Å². The highest BCUT2D eigenvalue weighted by atomic mass is 35.5. The molecule has 0 radical (unpaired) electrons. The van der Waals surface area contributed by atoms with E-state index in [-0.39, 0.29) is 5.91 Å². The van der Waals surface area contributed by atoms with Crippen LogP contribution in [0.5, 0.6) is 0 Å². The van der Waals surface area contributed by atoms with E-state index in [1.807, 2.05) is 78.9 Å². The fourth-order valence-electron chi connectivity index (χ4n) is 3.19. The van der Waals surface area contributed by atoms with E-state index in [0.717, 1.165) is 33.9 Å². The fraction of sp³-hybridized carbons (Fsp3) is 0.0400. The van der Waals surface area contributed by atoms with Gasteiger partial charge in [0.15, 0.2) is 0 Å². The van der Waals surface area contributed by atoms with Crippen molar-refractivity contribution in [3.05, 3.63) is 96.0 Å². The minimum absolute atomic E-state index is 0.162. The smallest absolute Gasteiger partial charge is 0.221 e. The van der Waals surface area contributed by atoms with E-state index in [0.29, 0.717) is 10.7 Å². The lowest BCUT2D eigenvalue weighted by Gasteiger charge is -2.15. The Labute approximate surface area is 180 Å². The predicted molar refractivity (Wildman–Crippen MR) is 124 cm³/mol. The Kier molecular flexibility index (Phi) is 5.77. The molecule has 30 heavy (non-hydrogen) atoms. The number of carbonyl (C=O) groups excluding carboxylic acids is 1. The Bertz CT molecular complexity index is 1120. The molecule has 2 N–H and O–H groups in total. The third kappa shape index (κ3) is 4.67. The number of aromatic nitrogens is 1. The molecule has 4 nitrogen and oxygen atoms in total. The number of halogens is 1. The molecule has 0 fully saturated rings. The highest BCUT2D eigenvalue weighted by Crippen LogP contribution is 2.32. The average Bonchev–Trinajstić information content (AvgIpc) is 2.76. The number of anilines is 3. The van der Waals surface area contributed by atoms with Crippen molar-refractivity contribution in [3.63, 3.8) is 0 Å². The van der Waals surface area contributed by atoms with E-state index >= 15 is 0 Å². The summed E-state index contributed by atoms with van der Waals surface area (Å²) in [5.74, 6) is -0.162. The van der Waals surface area contributed by atoms with Gasteiger partial charge in [-0.25, -0.2) is 4.98 Å². The SMILES string of the molecule is CC(=O)Nc1cc(Cl)ccc1Nc1cc(-c2ccccc2)nc(-c2ccccc2)c1. The van der Waals surface area contributed by atoms with Crippen LogP contribution in [0, 0.1) is 0 Å². The van der Waals surface area contributed by atoms with Crippen LogP contribution in [0.1, 0.15) is 6.92 Å². The van der Waals surface area contributed by atoms with E-state index in [4.69, 9.17) is 16.6 Å². The lowest BCUT2D eigenvalue weighted by atomic mass is 10.1. The first-order valence-corrected chi connectivity index (χ1v) is 9.93. The molecular weight excluding hydrogens is 394 g/mol. The highest BCUT2D eigenvalue weighted by molar-refractivity contribution is 6.31. The predicted octanol–water partition coefficient (Wildman–Crippen LogP) is 6.77. The molecule has 0 aliphatic rings. The highest BCUT2D eigenvalue weighted by Gasteiger charge is 2.10. The van der Waals surface area contributed by atoms with Crippen molar-refractivity contribution >= 4 is 34.6 Å². The molecule has 1 amide bonds. The molecule has 0 unspecified atom stereocenters. The van der Waals surface area contributed by atoms with Gasteiger partial charge in [-0.1, -0.05) is 72.3 Å². The summed E-state index contributed by atoms with van der Waals surface area (Å²) in [6, 6.07) is 29.4. The van der Waals surface area contributed by atoms with Crippen LogP contribution in [0.3, 0.4) is 0 Å². The molecule has 5 heteroatoms. The van der Waals surface area contributed by atoms with Crippen LogP contribution in [0.2, 0.25) is 5.02 Å². The second kappa shape index (κ2) is 8.80. The van der Waals surface area contributed by atoms with Gasteiger partial charge in [-0.05, 0) is 30.3 Å². The van der Waals surface area contributed by atoms with Gasteiger partial charge in [-0.15, -0.1) is 0 Å². The molecule has 0 saturated heterocycles. The van der Waals surface area contributed by atoms with Crippen LogP contribution < -0.4 is 10.6 Å². The molecule has 1 aromatic heterocycles. The molecule has 4 aromatic rings. The first kappa shape index (κ1) is 19.7. The van der Waals surface area contributed by atoms with Gasteiger partial charge in [0.1, 0.15) is 0 Å². The molecule has 1 heterocycles. The number of hydrogen-bond donors (Lipinski definition) is 2. The van der Waals surface area contributed by atoms with Gasteiger partial charge in [0.2, 0.25) is 5.91 Å². The summed E-state index contributed by atoms with van der Waals surface area (Å²) < 4.78 is 0. The van der Waals surface area contributed by atoms with Crippen molar-refractivity contribution in [1.82, 2.24) is 4.98 Å². The second-order valence-corrected chi connectivity index (χ2v) is 7.29. The zero-order valence-corrected chi connectivity index (χ0v) is 17.1. The molecule has 0 spiro atoms. The summed E-state index contributed by atoms with van der Waals surface area (Å²) in [5, 5.41) is 6.79. The summed E-state index contributed by atoms with van der Waals surface area (Å²) in [6.45, 7) is 1.47. The Morgan fingerprint density at radius 2 is 1.33 bits per heavy atom. The lowest BCUT2D eigenvalue weighted by molar-refractivity contribution is -0.114. The fourth-order valence-corrected chi connectivity index (χ4v) is 3.36. The molecule has 0 atom stereocenters. The second-order valence-electron chi connectivity index (χ2n) is 6.85. The summed E-state index contributed by atoms with van der Waals surface area (Å²) in [4.78, 5) is 16.5. The zero-order valence-electron chi connectivity index (χ0n) is 16.4. The molecule has 148 valence electrons. The third-order valence-corrected chi connectivity index (χ3v) is 4.77. The maximum Gasteiger partial charge on any atom is 0.221 e. The molecule has 0 saturated carbocycles. The molecule has 3 aromatic carbocycles. The largest absolute Gasteiger partial charge is 0.354 e. The van der Waals surface area contributed by atoms with E-state index < -0.39 is 0 Å². The van der Waals surface area contributed by atoms with Crippen molar-refractivity contribution in [2.24, 2.45) is 0 Å². The van der Waals surface area contributed by atoms with Crippen molar-refractivity contribution in [3.8, 4) is 22.5 Å². The Balaban J connectivity index is 1.79. The van der Waals surface area contributed by atoms with Gasteiger partial charge in [0.25, 0.3) is 0 Å². The van der Waals surface area contributed by atoms with Gasteiger partial charge >= 0.3 is 0 Å². The van der Waals surface area contributed by atoms with Gasteiger partial charge in [-0.3, -0.25) is 4.79 Å². The Hall–Kier alpha value is -3.63. The molecular formula is C25H20ClN3O. The number of nitrogens with zero attached hydrogens (tertiary/aromatic N) is 1. The quantitative estimate of drug-likeness (QED) is 0.379. The first-order valence-electron chi connectivity index (χ1n) is 9.55. The molecule has 0 bridgehead atoms. The summed E-state index contributed by atoms with van der Waals surface area (Å²) in [6.07, 6.45) is 0. The van der Waals surface area contributed by atoms with E-state index in [1.165, 1.54) is 6.92 Å². The first-order chi connectivity index (χ1) is 14.6. The molecule has 0 aliphatic carbocycles. The number of pyridine rings is 1. The monoisotopic (exact) mass is 413 g/mol. The zero-order chi connectivity index (χ0) is 20.9. The number of benzene rings is 3. The topological polar surface area (TPSA) is 54.0 Å². The minimum atomic E-state index is -0.162. The van der Waals surface area contributed by atoms with Crippen LogP contribution in [0.4, 0.5) is 17.1 Å². The number of hydrogen-bond acceptors (Lipinski definition) is 3. The van der Waals surface area contributed by atoms with E-state index in [1.54, 1.807) is 12.1 Å². The minimum Gasteiger partial charge on any atom is -0.354 e. The summed E-state index contributed by atoms with van der Waals surface area (Å²) in [7, 11) is 0. The van der Waals surface area contributed by atoms with Gasteiger partial charge in [0, 0.05) is 28.8 Å². The standard InChI is InChI=1S/C25H20ClN3O/c1-17(30)27-25-14-20(26)12-13-22(25)28-21-15-23(18-8-4-2-5-9-18)29-24(16-21)19-10-6-3-7-11-19/h2-16H,1H3,(H,27,30)(H,28,29). The van der Waals surface area contributed by atoms with Crippen molar-refractivity contribution < 1.29 is 4.79 Å². The third-order valence-electron chi connectivity index (χ3n) is 4.54. The van der Waals surface area contributed by atoms with Crippen LogP contribution >= 0.6 is 11.6 Å². The number of amides is 1. The number of nitrogens with one attached hydrogen (secondary N) is 2. The normalized spacial score (nSPS) is 10.5. The van der Waals surface area contributed by atoms with Crippen molar-refractivity contribution in [2.45, 2.75) is 6.92 Å². The lowest BCUT2D eigenvalue weighted by Crippen LogP contribution is -2.08. The Morgan fingerprint density at radius 1 is 0.767 bits per heavy atom. The Morgan fingerprint density at radius 3 is 1.87 bits per heavy atom. The van der Waals surface area contributed by atoms with Crippen molar-refractivity contribution in [1.29, 1.82) is 0 Å². The molecule has 4 rings (SSSR count). The number of carbonyl (C=O) groups is 1. The van der Waals surface area contributed by atoms with Crippen molar-refractivity contribution in [2.75, 3.05) is 10.6 Å². The van der Waals surface area contributed by atoms with Crippen LogP contribution in [-0.4, -0.2) is 10.9 Å². The van der Waals surface area contributed by atoms with Crippen LogP contribution in [0.25, 0.3) is 22.5 Å². The average molecular weight is 414 g/mol. The van der Waals surface area contributed by atoms with Crippen LogP contribution in [0.15, 0.2) is 91.0 Å². The summed E-state index contributed by atoms with van der Waals surface area (Å²) in [5.41, 5.74) is 5.99. The maximum absolute atomic E-state index is 11.6. The molecule has 0 aliphatic heterocycles. The maximum atomic E-state index is 11.6. The van der Waals surface area contributed by atoms with E-state index in [2.05, 4.69) is 10.6 Å². The number of rotatable bonds is 5. The van der Waals surface area contributed by atoms with E-state index in [9.17, 15) is 4.79 Å². The van der Waals surface area contributed by atoms with Gasteiger partial charge in [0.05, 0.1) is 22.8 Å². The van der Waals surface area contributed by atoms with Gasteiger partial charge in [-0.2, -0.15) is 0 Å².